The number of nitrogens with one attached hydrogen (secondary N) is 1. The summed E-state index contributed by atoms with van der Waals surface area (Å²) in [6, 6.07) is 21.7. The number of H-pyrrole nitrogens is 1. The molecule has 3 aromatic carbocycles. The lowest BCUT2D eigenvalue weighted by Crippen LogP contribution is -2.37. The van der Waals surface area contributed by atoms with Crippen molar-refractivity contribution in [2.45, 2.75) is 32.1 Å². The monoisotopic (exact) mass is 556 g/mol. The van der Waals surface area contributed by atoms with Gasteiger partial charge < -0.3 is 15.0 Å². The second-order valence-corrected chi connectivity index (χ2v) is 9.64. The number of aliphatic carboxylic acids is 1. The van der Waals surface area contributed by atoms with Gasteiger partial charge in [-0.05, 0) is 47.4 Å². The van der Waals surface area contributed by atoms with E-state index in [1.165, 1.54) is 17.7 Å². The molecule has 1 amide bonds. The second kappa shape index (κ2) is 11.9. The Hall–Kier alpha value is -4.25. The number of carboxylic acids is 1. The van der Waals surface area contributed by atoms with E-state index in [-0.39, 0.29) is 11.7 Å². The van der Waals surface area contributed by atoms with Crippen LogP contribution in [0.4, 0.5) is 17.6 Å². The Morgan fingerprint density at radius 1 is 1.05 bits per heavy atom. The van der Waals surface area contributed by atoms with Gasteiger partial charge in [0, 0.05) is 45.2 Å². The summed E-state index contributed by atoms with van der Waals surface area (Å²) >= 11 is 0. The van der Waals surface area contributed by atoms with Crippen LogP contribution in [0.3, 0.4) is 0 Å². The van der Waals surface area contributed by atoms with Gasteiger partial charge in [0.2, 0.25) is 5.91 Å². The molecule has 0 aliphatic carbocycles. The number of aromatic amines is 1. The van der Waals surface area contributed by atoms with E-state index in [2.05, 4.69) is 51.3 Å². The summed E-state index contributed by atoms with van der Waals surface area (Å²) in [5.41, 5.74) is 5.91. The van der Waals surface area contributed by atoms with Gasteiger partial charge in [-0.25, -0.2) is 14.2 Å². The van der Waals surface area contributed by atoms with Crippen LogP contribution in [0.15, 0.2) is 66.7 Å². The van der Waals surface area contributed by atoms with Crippen molar-refractivity contribution in [2.24, 2.45) is 0 Å². The third kappa shape index (κ3) is 7.03. The fraction of sp³-hybridized carbons (Fsp3) is 0.276. The fourth-order valence-corrected chi connectivity index (χ4v) is 4.55. The number of carbonyl (C=O) groups excluding carboxylic acids is 1. The second-order valence-electron chi connectivity index (χ2n) is 9.64. The average Bonchev–Trinajstić information content (AvgIpc) is 3.55. The Labute approximate surface area is 228 Å². The first-order valence-electron chi connectivity index (χ1n) is 12.5. The lowest BCUT2D eigenvalue weighted by atomic mass is 10.0. The predicted molar refractivity (Wildman–Crippen MR) is 143 cm³/mol. The van der Waals surface area contributed by atoms with Gasteiger partial charge in [-0.2, -0.15) is 13.2 Å². The molecule has 210 valence electrons. The maximum atomic E-state index is 13.5. The Morgan fingerprint density at radius 3 is 2.38 bits per heavy atom. The zero-order chi connectivity index (χ0) is 29.0. The molecule has 5 rings (SSSR count). The number of benzene rings is 3. The highest BCUT2D eigenvalue weighted by atomic mass is 19.4. The fourth-order valence-electron chi connectivity index (χ4n) is 4.55. The average molecular weight is 557 g/mol. The lowest BCUT2D eigenvalue weighted by Gasteiger charge is -2.23. The van der Waals surface area contributed by atoms with Crippen molar-refractivity contribution in [2.75, 3.05) is 20.1 Å². The van der Waals surface area contributed by atoms with Crippen LogP contribution in [-0.4, -0.2) is 69.1 Å². The number of amides is 1. The topological polar surface area (TPSA) is 89.5 Å². The Balaban J connectivity index is 0.000000470. The van der Waals surface area contributed by atoms with E-state index in [0.29, 0.717) is 11.6 Å². The molecular formula is C29H28F4N4O3. The highest BCUT2D eigenvalue weighted by molar-refractivity contribution is 5.80. The molecule has 7 nitrogen and oxygen atoms in total. The SMILES string of the molecule is CC(=O)N(C)C1CCN(Cc2ccc(-c3cccc(-c4nc5ccc(F)cc5[nH]4)c3)cc2)C1.O=C(O)C(F)(F)F. The van der Waals surface area contributed by atoms with E-state index < -0.39 is 12.1 Å². The third-order valence-electron chi connectivity index (χ3n) is 6.81. The quantitative estimate of drug-likeness (QED) is 0.307. The van der Waals surface area contributed by atoms with Gasteiger partial charge in [0.1, 0.15) is 11.6 Å². The molecular weight excluding hydrogens is 528 g/mol. The Kier molecular flexibility index (Phi) is 8.53. The highest BCUT2D eigenvalue weighted by Crippen LogP contribution is 2.27. The number of likely N-dealkylation sites (N-methyl/N-ethyl adjacent to an activating group) is 1. The number of imidazole rings is 1. The molecule has 1 atom stereocenters. The molecule has 1 aliphatic rings. The van der Waals surface area contributed by atoms with Crippen molar-refractivity contribution < 1.29 is 32.3 Å². The number of aromatic nitrogens is 2. The van der Waals surface area contributed by atoms with E-state index >= 15 is 0 Å². The molecule has 0 radical (unpaired) electrons. The molecule has 0 spiro atoms. The number of carboxylic acid groups (broad SMARTS) is 1. The van der Waals surface area contributed by atoms with Gasteiger partial charge in [-0.1, -0.05) is 42.5 Å². The first-order chi connectivity index (χ1) is 18.9. The first kappa shape index (κ1) is 28.8. The number of hydrogen-bond donors (Lipinski definition) is 2. The van der Waals surface area contributed by atoms with Crippen LogP contribution in [0.25, 0.3) is 33.5 Å². The number of halogens is 4. The van der Waals surface area contributed by atoms with Crippen molar-refractivity contribution >= 4 is 22.9 Å². The highest BCUT2D eigenvalue weighted by Gasteiger charge is 2.38. The van der Waals surface area contributed by atoms with Gasteiger partial charge in [0.15, 0.2) is 0 Å². The summed E-state index contributed by atoms with van der Waals surface area (Å²) in [4.78, 5) is 32.6. The molecule has 2 heterocycles. The number of carbonyl (C=O) groups is 2. The third-order valence-corrected chi connectivity index (χ3v) is 6.81. The van der Waals surface area contributed by atoms with E-state index in [1.807, 2.05) is 24.1 Å². The van der Waals surface area contributed by atoms with Crippen LogP contribution in [0, 0.1) is 5.82 Å². The molecule has 1 aliphatic heterocycles. The number of likely N-dealkylation sites (tertiary alicyclic amines) is 1. The summed E-state index contributed by atoms with van der Waals surface area (Å²) in [6.45, 7) is 4.44. The molecule has 4 aromatic rings. The number of rotatable bonds is 5. The van der Waals surface area contributed by atoms with Crippen LogP contribution in [0.1, 0.15) is 18.9 Å². The maximum absolute atomic E-state index is 13.5. The van der Waals surface area contributed by atoms with Crippen LogP contribution >= 0.6 is 0 Å². The Morgan fingerprint density at radius 2 is 1.73 bits per heavy atom. The molecule has 40 heavy (non-hydrogen) atoms. The molecule has 1 saturated heterocycles. The minimum atomic E-state index is -5.08. The number of nitrogens with zero attached hydrogens (tertiary/aromatic N) is 3. The minimum absolute atomic E-state index is 0.128. The lowest BCUT2D eigenvalue weighted by molar-refractivity contribution is -0.192. The molecule has 1 fully saturated rings. The number of alkyl halides is 3. The van der Waals surface area contributed by atoms with Gasteiger partial charge >= 0.3 is 12.1 Å². The normalized spacial score (nSPS) is 15.5. The standard InChI is InChI=1S/C27H27FN4O.C2HF3O2/c1-18(33)31(2)24-12-13-32(17-24)16-19-6-8-20(9-7-19)21-4-3-5-22(14-21)27-29-25-11-10-23(28)15-26(25)30-27;3-2(4,5)1(6)7/h3-11,14-15,24H,12-13,16-17H2,1-2H3,(H,29,30);(H,6,7). The Bertz CT molecular complexity index is 1500. The van der Waals surface area contributed by atoms with Crippen LogP contribution in [0.5, 0.6) is 0 Å². The largest absolute Gasteiger partial charge is 0.490 e. The van der Waals surface area contributed by atoms with E-state index in [0.717, 1.165) is 54.1 Å². The molecule has 0 saturated carbocycles. The molecule has 1 aromatic heterocycles. The molecule has 1 unspecified atom stereocenters. The van der Waals surface area contributed by atoms with Gasteiger partial charge in [0.05, 0.1) is 11.0 Å². The van der Waals surface area contributed by atoms with Crippen molar-refractivity contribution in [1.82, 2.24) is 19.8 Å². The van der Waals surface area contributed by atoms with Crippen LogP contribution < -0.4 is 0 Å². The smallest absolute Gasteiger partial charge is 0.475 e. The van der Waals surface area contributed by atoms with E-state index in [9.17, 15) is 22.4 Å². The van der Waals surface area contributed by atoms with Crippen molar-refractivity contribution in [3.63, 3.8) is 0 Å². The molecule has 2 N–H and O–H groups in total. The first-order valence-corrected chi connectivity index (χ1v) is 12.5. The zero-order valence-electron chi connectivity index (χ0n) is 21.9. The van der Waals surface area contributed by atoms with E-state index in [4.69, 9.17) is 9.90 Å². The zero-order valence-corrected chi connectivity index (χ0v) is 21.9. The van der Waals surface area contributed by atoms with Crippen LogP contribution in [-0.2, 0) is 16.1 Å². The van der Waals surface area contributed by atoms with Gasteiger partial charge in [-0.15, -0.1) is 0 Å². The summed E-state index contributed by atoms with van der Waals surface area (Å²) < 4.78 is 45.3. The summed E-state index contributed by atoms with van der Waals surface area (Å²) in [5.74, 6) is -2.18. The van der Waals surface area contributed by atoms with Gasteiger partial charge in [-0.3, -0.25) is 9.69 Å². The summed E-state index contributed by atoms with van der Waals surface area (Å²) in [7, 11) is 1.89. The van der Waals surface area contributed by atoms with E-state index in [1.54, 1.807) is 13.0 Å². The summed E-state index contributed by atoms with van der Waals surface area (Å²) in [5, 5.41) is 7.12. The van der Waals surface area contributed by atoms with Crippen molar-refractivity contribution in [3.8, 4) is 22.5 Å². The van der Waals surface area contributed by atoms with Crippen LogP contribution in [0.2, 0.25) is 0 Å². The van der Waals surface area contributed by atoms with Crippen molar-refractivity contribution in [1.29, 1.82) is 0 Å². The molecule has 11 heteroatoms. The number of fused-ring (bicyclic) bond motifs is 1. The van der Waals surface area contributed by atoms with Gasteiger partial charge in [0.25, 0.3) is 0 Å². The van der Waals surface area contributed by atoms with Crippen molar-refractivity contribution in [3.05, 3.63) is 78.1 Å². The molecule has 0 bridgehead atoms. The maximum Gasteiger partial charge on any atom is 0.490 e. The number of hydrogen-bond acceptors (Lipinski definition) is 4. The predicted octanol–water partition coefficient (Wildman–Crippen LogP) is 5.72. The minimum Gasteiger partial charge on any atom is -0.475 e. The summed E-state index contributed by atoms with van der Waals surface area (Å²) in [6.07, 6.45) is -4.06.